The summed E-state index contributed by atoms with van der Waals surface area (Å²) in [6.45, 7) is 4.19. The Morgan fingerprint density at radius 2 is 2.00 bits per heavy atom. The molecule has 0 unspecified atom stereocenters. The Bertz CT molecular complexity index is 633. The Morgan fingerprint density at radius 3 is 2.40 bits per heavy atom. The van der Waals surface area contributed by atoms with Crippen LogP contribution in [0.1, 0.15) is 29.1 Å². The van der Waals surface area contributed by atoms with Crippen molar-refractivity contribution >= 4 is 33.2 Å². The van der Waals surface area contributed by atoms with E-state index >= 15 is 0 Å². The fourth-order valence-corrected chi connectivity index (χ4v) is 4.91. The first-order valence-corrected chi connectivity index (χ1v) is 8.02. The Hall–Kier alpha value is -1.45. The highest BCUT2D eigenvalue weighted by atomic mass is 32.2. The number of sulfonamides is 1. The summed E-state index contributed by atoms with van der Waals surface area (Å²) >= 11 is 0.838. The summed E-state index contributed by atoms with van der Waals surface area (Å²) < 4.78 is 26.1. The maximum absolute atomic E-state index is 12.6. The average molecular weight is 320 g/mol. The summed E-state index contributed by atoms with van der Waals surface area (Å²) in [4.78, 5) is 21.6. The molecule has 0 fully saturated rings. The Morgan fingerprint density at radius 1 is 1.45 bits per heavy atom. The smallest absolute Gasteiger partial charge is 0.347 e. The van der Waals surface area contributed by atoms with Crippen LogP contribution in [0.2, 0.25) is 0 Å². The summed E-state index contributed by atoms with van der Waals surface area (Å²) in [6.07, 6.45) is 0. The van der Waals surface area contributed by atoms with Crippen LogP contribution in [-0.4, -0.2) is 42.3 Å². The molecule has 1 aromatic heterocycles. The number of carboxylic acids is 1. The molecule has 0 spiro atoms. The zero-order valence-electron chi connectivity index (χ0n) is 11.3. The van der Waals surface area contributed by atoms with Gasteiger partial charge in [0.2, 0.25) is 15.9 Å². The van der Waals surface area contributed by atoms with Gasteiger partial charge in [-0.05, 0) is 31.7 Å². The van der Waals surface area contributed by atoms with E-state index in [9.17, 15) is 18.0 Å². The van der Waals surface area contributed by atoms with Gasteiger partial charge < -0.3 is 10.8 Å². The fourth-order valence-electron chi connectivity index (χ4n) is 1.72. The van der Waals surface area contributed by atoms with Crippen LogP contribution in [0.3, 0.4) is 0 Å². The topological polar surface area (TPSA) is 118 Å². The number of carbonyl (C=O) groups excluding carboxylic acids is 1. The van der Waals surface area contributed by atoms with Crippen molar-refractivity contribution in [3.8, 4) is 0 Å². The molecule has 0 atom stereocenters. The van der Waals surface area contributed by atoms with Crippen LogP contribution in [0.15, 0.2) is 10.3 Å². The predicted octanol–water partition coefficient (Wildman–Crippen LogP) is 0.639. The predicted molar refractivity (Wildman–Crippen MR) is 74.2 cm³/mol. The van der Waals surface area contributed by atoms with Gasteiger partial charge in [-0.15, -0.1) is 11.3 Å². The van der Waals surface area contributed by atoms with Gasteiger partial charge in [-0.2, -0.15) is 4.31 Å². The van der Waals surface area contributed by atoms with Gasteiger partial charge >= 0.3 is 5.97 Å². The van der Waals surface area contributed by atoms with E-state index in [1.165, 1.54) is 12.3 Å². The SMILES string of the molecule is Cc1csc(C(=O)O)c1S(=O)(=O)N(CC(N)=O)C(C)C. The molecule has 0 saturated carbocycles. The molecule has 0 aromatic carbocycles. The molecule has 7 nitrogen and oxygen atoms in total. The zero-order valence-corrected chi connectivity index (χ0v) is 12.9. The molecular weight excluding hydrogens is 304 g/mol. The van der Waals surface area contributed by atoms with Crippen LogP contribution >= 0.6 is 11.3 Å². The van der Waals surface area contributed by atoms with E-state index in [4.69, 9.17) is 10.8 Å². The zero-order chi connectivity index (χ0) is 15.7. The maximum Gasteiger partial charge on any atom is 0.347 e. The maximum atomic E-state index is 12.6. The highest BCUT2D eigenvalue weighted by molar-refractivity contribution is 7.89. The molecule has 1 amide bonds. The van der Waals surface area contributed by atoms with Gasteiger partial charge in [-0.1, -0.05) is 0 Å². The van der Waals surface area contributed by atoms with Crippen molar-refractivity contribution in [2.75, 3.05) is 6.54 Å². The molecule has 0 bridgehead atoms. The first kappa shape index (κ1) is 16.6. The van der Waals surface area contributed by atoms with Crippen LogP contribution in [0.5, 0.6) is 0 Å². The summed E-state index contributed by atoms with van der Waals surface area (Å²) in [5, 5.41) is 10.5. The van der Waals surface area contributed by atoms with Crippen molar-refractivity contribution in [3.63, 3.8) is 0 Å². The second-order valence-electron chi connectivity index (χ2n) is 4.49. The molecule has 3 N–H and O–H groups in total. The highest BCUT2D eigenvalue weighted by Gasteiger charge is 2.34. The molecule has 0 saturated heterocycles. The number of nitrogens with zero attached hydrogens (tertiary/aromatic N) is 1. The number of carbonyl (C=O) groups is 2. The fraction of sp³-hybridized carbons (Fsp3) is 0.455. The number of primary amides is 1. The lowest BCUT2D eigenvalue weighted by Gasteiger charge is -2.24. The molecule has 0 radical (unpaired) electrons. The van der Waals surface area contributed by atoms with E-state index in [1.54, 1.807) is 13.8 Å². The third-order valence-electron chi connectivity index (χ3n) is 2.57. The van der Waals surface area contributed by atoms with Crippen molar-refractivity contribution in [1.29, 1.82) is 0 Å². The van der Waals surface area contributed by atoms with Gasteiger partial charge in [-0.3, -0.25) is 4.79 Å². The van der Waals surface area contributed by atoms with Crippen molar-refractivity contribution in [3.05, 3.63) is 15.8 Å². The second-order valence-corrected chi connectivity index (χ2v) is 7.20. The number of aryl methyl sites for hydroxylation is 1. The van der Waals surface area contributed by atoms with Gasteiger partial charge in [0.25, 0.3) is 0 Å². The van der Waals surface area contributed by atoms with E-state index in [1.807, 2.05) is 0 Å². The summed E-state index contributed by atoms with van der Waals surface area (Å²) in [6, 6.07) is -0.520. The monoisotopic (exact) mass is 320 g/mol. The van der Waals surface area contributed by atoms with E-state index in [2.05, 4.69) is 0 Å². The van der Waals surface area contributed by atoms with Crippen LogP contribution in [0, 0.1) is 6.92 Å². The van der Waals surface area contributed by atoms with Gasteiger partial charge in [0, 0.05) is 6.04 Å². The number of hydrogen-bond acceptors (Lipinski definition) is 5. The number of amides is 1. The number of nitrogens with two attached hydrogens (primary N) is 1. The molecule has 0 aliphatic heterocycles. The molecule has 112 valence electrons. The first-order chi connectivity index (χ1) is 9.09. The molecule has 0 aliphatic carbocycles. The molecule has 1 rings (SSSR count). The standard InChI is InChI=1S/C11H16N2O5S2/c1-6(2)13(4-8(12)14)20(17,18)10-7(3)5-19-9(10)11(15)16/h5-6H,4H2,1-3H3,(H2,12,14)(H,15,16). The van der Waals surface area contributed by atoms with E-state index in [0.29, 0.717) is 5.56 Å². The van der Waals surface area contributed by atoms with Crippen molar-refractivity contribution in [1.82, 2.24) is 4.31 Å². The highest BCUT2D eigenvalue weighted by Crippen LogP contribution is 2.30. The molecule has 1 aromatic rings. The number of thiophene rings is 1. The van der Waals surface area contributed by atoms with Crippen LogP contribution in [0.25, 0.3) is 0 Å². The molecular formula is C11H16N2O5S2. The van der Waals surface area contributed by atoms with Gasteiger partial charge in [0.1, 0.15) is 9.77 Å². The minimum absolute atomic E-state index is 0.266. The normalized spacial score (nSPS) is 12.1. The first-order valence-electron chi connectivity index (χ1n) is 5.70. The Labute approximate surface area is 121 Å². The minimum Gasteiger partial charge on any atom is -0.477 e. The van der Waals surface area contributed by atoms with Gasteiger partial charge in [0.15, 0.2) is 0 Å². The minimum atomic E-state index is -4.10. The van der Waals surface area contributed by atoms with Crippen molar-refractivity contribution in [2.24, 2.45) is 5.73 Å². The van der Waals surface area contributed by atoms with Gasteiger partial charge in [-0.25, -0.2) is 13.2 Å². The van der Waals surface area contributed by atoms with Crippen molar-refractivity contribution in [2.45, 2.75) is 31.7 Å². The lowest BCUT2D eigenvalue weighted by molar-refractivity contribution is -0.118. The van der Waals surface area contributed by atoms with Gasteiger partial charge in [0.05, 0.1) is 6.54 Å². The number of carboxylic acid groups (broad SMARTS) is 1. The third-order valence-corrected chi connectivity index (χ3v) is 5.99. The second kappa shape index (κ2) is 5.90. The quantitative estimate of drug-likeness (QED) is 0.797. The molecule has 20 heavy (non-hydrogen) atoms. The number of hydrogen-bond donors (Lipinski definition) is 2. The summed E-state index contributed by atoms with van der Waals surface area (Å²) in [5.74, 6) is -2.11. The largest absolute Gasteiger partial charge is 0.477 e. The third kappa shape index (κ3) is 3.17. The number of aromatic carboxylic acids is 1. The van der Waals surface area contributed by atoms with E-state index in [0.717, 1.165) is 15.6 Å². The van der Waals surface area contributed by atoms with Crippen LogP contribution in [0.4, 0.5) is 0 Å². The summed E-state index contributed by atoms with van der Waals surface area (Å²) in [7, 11) is -4.10. The van der Waals surface area contributed by atoms with E-state index in [-0.39, 0.29) is 9.77 Å². The van der Waals surface area contributed by atoms with Crippen LogP contribution < -0.4 is 5.73 Å². The summed E-state index contributed by atoms with van der Waals surface area (Å²) in [5.41, 5.74) is 5.39. The van der Waals surface area contributed by atoms with Crippen molar-refractivity contribution < 1.29 is 23.1 Å². The van der Waals surface area contributed by atoms with Crippen LogP contribution in [-0.2, 0) is 14.8 Å². The average Bonchev–Trinajstić information content (AvgIpc) is 2.68. The molecule has 1 heterocycles. The Balaban J connectivity index is 3.45. The Kier molecular flexibility index (Phi) is 4.90. The number of rotatable bonds is 6. The molecule has 0 aliphatic rings. The molecule has 9 heteroatoms. The lowest BCUT2D eigenvalue weighted by Crippen LogP contribution is -2.43. The van der Waals surface area contributed by atoms with E-state index < -0.39 is 34.5 Å². The lowest BCUT2D eigenvalue weighted by atomic mass is 10.3.